The second kappa shape index (κ2) is 6.01. The third-order valence-corrected chi connectivity index (χ3v) is 4.76. The Hall–Kier alpha value is -1.00. The number of fused-ring (bicyclic) bond motifs is 1. The number of nitrogens with one attached hydrogen (secondary N) is 1. The Morgan fingerprint density at radius 1 is 1.24 bits per heavy atom. The molecule has 0 radical (unpaired) electrons. The minimum Gasteiger partial charge on any atom is -0.367 e. The maximum atomic E-state index is 6.16. The molecule has 2 heterocycles. The van der Waals surface area contributed by atoms with E-state index in [1.165, 1.54) is 29.8 Å². The number of hydrogen-bond donors (Lipinski definition) is 1. The van der Waals surface area contributed by atoms with Gasteiger partial charge in [-0.15, -0.1) is 0 Å². The van der Waals surface area contributed by atoms with Crippen LogP contribution < -0.4 is 5.32 Å². The maximum absolute atomic E-state index is 6.16. The Kier molecular flexibility index (Phi) is 4.27. The molecule has 1 saturated carbocycles. The van der Waals surface area contributed by atoms with Gasteiger partial charge in [-0.1, -0.05) is 13.8 Å². The molecule has 4 nitrogen and oxygen atoms in total. The van der Waals surface area contributed by atoms with Crippen molar-refractivity contribution >= 4 is 0 Å². The van der Waals surface area contributed by atoms with E-state index in [0.29, 0.717) is 5.92 Å². The SMILES string of the molecule is CCOC1(c2nc3c(c(C(C)C)n2)CCNC3)CCCC1. The summed E-state index contributed by atoms with van der Waals surface area (Å²) in [7, 11) is 0. The summed E-state index contributed by atoms with van der Waals surface area (Å²) in [5, 5.41) is 3.44. The number of rotatable bonds is 4. The number of ether oxygens (including phenoxy) is 1. The van der Waals surface area contributed by atoms with Gasteiger partial charge in [-0.3, -0.25) is 0 Å². The molecule has 1 aromatic heterocycles. The average molecular weight is 289 g/mol. The predicted octanol–water partition coefficient (Wildman–Crippen LogP) is 3.05. The molecule has 0 bridgehead atoms. The first kappa shape index (κ1) is 14.9. The van der Waals surface area contributed by atoms with Crippen LogP contribution in [0.1, 0.15) is 75.1 Å². The van der Waals surface area contributed by atoms with Crippen LogP contribution in [0.25, 0.3) is 0 Å². The minimum absolute atomic E-state index is 0.231. The molecular weight excluding hydrogens is 262 g/mol. The topological polar surface area (TPSA) is 47.0 Å². The molecule has 1 fully saturated rings. The summed E-state index contributed by atoms with van der Waals surface area (Å²) in [6, 6.07) is 0. The van der Waals surface area contributed by atoms with Crippen molar-refractivity contribution in [2.45, 2.75) is 70.9 Å². The van der Waals surface area contributed by atoms with Crippen molar-refractivity contribution in [2.24, 2.45) is 0 Å². The summed E-state index contributed by atoms with van der Waals surface area (Å²) in [6.45, 7) is 9.17. The minimum atomic E-state index is -0.231. The van der Waals surface area contributed by atoms with Crippen LogP contribution in [-0.4, -0.2) is 23.1 Å². The van der Waals surface area contributed by atoms with Gasteiger partial charge in [0.2, 0.25) is 0 Å². The molecule has 116 valence electrons. The fourth-order valence-corrected chi connectivity index (χ4v) is 3.72. The quantitative estimate of drug-likeness (QED) is 0.925. The lowest BCUT2D eigenvalue weighted by Crippen LogP contribution is -2.33. The normalized spacial score (nSPS) is 20.8. The number of aromatic nitrogens is 2. The molecule has 2 aliphatic rings. The fourth-order valence-electron chi connectivity index (χ4n) is 3.72. The molecule has 4 heteroatoms. The van der Waals surface area contributed by atoms with Crippen molar-refractivity contribution < 1.29 is 4.74 Å². The van der Waals surface area contributed by atoms with Crippen molar-refractivity contribution in [1.82, 2.24) is 15.3 Å². The molecule has 0 atom stereocenters. The Bertz CT molecular complexity index is 507. The number of nitrogens with zero attached hydrogens (tertiary/aromatic N) is 2. The smallest absolute Gasteiger partial charge is 0.160 e. The highest BCUT2D eigenvalue weighted by atomic mass is 16.5. The molecule has 1 N–H and O–H groups in total. The summed E-state index contributed by atoms with van der Waals surface area (Å²) in [4.78, 5) is 9.92. The van der Waals surface area contributed by atoms with Crippen molar-refractivity contribution in [2.75, 3.05) is 13.2 Å². The van der Waals surface area contributed by atoms with E-state index in [-0.39, 0.29) is 5.60 Å². The van der Waals surface area contributed by atoms with Crippen molar-refractivity contribution in [3.8, 4) is 0 Å². The zero-order chi connectivity index (χ0) is 14.9. The van der Waals surface area contributed by atoms with E-state index < -0.39 is 0 Å². The summed E-state index contributed by atoms with van der Waals surface area (Å²) >= 11 is 0. The molecule has 0 unspecified atom stereocenters. The van der Waals surface area contributed by atoms with Crippen LogP contribution in [0, 0.1) is 0 Å². The largest absolute Gasteiger partial charge is 0.367 e. The van der Waals surface area contributed by atoms with E-state index in [1.807, 2.05) is 0 Å². The first-order chi connectivity index (χ1) is 10.2. The lowest BCUT2D eigenvalue weighted by Gasteiger charge is -2.30. The van der Waals surface area contributed by atoms with Crippen molar-refractivity contribution in [1.29, 1.82) is 0 Å². The van der Waals surface area contributed by atoms with Crippen LogP contribution in [0.5, 0.6) is 0 Å². The lowest BCUT2D eigenvalue weighted by atomic mass is 9.94. The van der Waals surface area contributed by atoms with Crippen molar-refractivity contribution in [3.05, 3.63) is 22.8 Å². The van der Waals surface area contributed by atoms with Gasteiger partial charge >= 0.3 is 0 Å². The Morgan fingerprint density at radius 2 is 2.00 bits per heavy atom. The zero-order valence-corrected chi connectivity index (χ0v) is 13.5. The summed E-state index contributed by atoms with van der Waals surface area (Å²) in [5.74, 6) is 1.38. The Morgan fingerprint density at radius 3 is 2.67 bits per heavy atom. The van der Waals surface area contributed by atoms with Gasteiger partial charge in [0.25, 0.3) is 0 Å². The second-order valence-corrected chi connectivity index (χ2v) is 6.57. The summed E-state index contributed by atoms with van der Waals surface area (Å²) < 4.78 is 6.16. The van der Waals surface area contributed by atoms with Crippen LogP contribution >= 0.6 is 0 Å². The van der Waals surface area contributed by atoms with Gasteiger partial charge < -0.3 is 10.1 Å². The molecule has 0 spiro atoms. The van der Waals surface area contributed by atoms with E-state index >= 15 is 0 Å². The van der Waals surface area contributed by atoms with E-state index in [9.17, 15) is 0 Å². The first-order valence-electron chi connectivity index (χ1n) is 8.41. The van der Waals surface area contributed by atoms with Gasteiger partial charge in [0.05, 0.1) is 11.4 Å². The third-order valence-electron chi connectivity index (χ3n) is 4.76. The van der Waals surface area contributed by atoms with Gasteiger partial charge in [-0.05, 0) is 57.1 Å². The standard InChI is InChI=1S/C17H27N3O/c1-4-21-17(8-5-6-9-17)16-19-14-11-18-10-7-13(14)15(20-16)12(2)3/h12,18H,4-11H2,1-3H3. The summed E-state index contributed by atoms with van der Waals surface area (Å²) in [5.41, 5.74) is 3.57. The fraction of sp³-hybridized carbons (Fsp3) is 0.765. The molecule has 1 aliphatic heterocycles. The number of hydrogen-bond acceptors (Lipinski definition) is 4. The molecule has 21 heavy (non-hydrogen) atoms. The molecule has 0 aromatic carbocycles. The van der Waals surface area contributed by atoms with Crippen LogP contribution in [0.15, 0.2) is 0 Å². The molecule has 1 aliphatic carbocycles. The highest BCUT2D eigenvalue weighted by Gasteiger charge is 2.40. The third kappa shape index (κ3) is 2.71. The molecule has 0 amide bonds. The van der Waals surface area contributed by atoms with Crippen LogP contribution in [0.3, 0.4) is 0 Å². The Balaban J connectivity index is 2.08. The van der Waals surface area contributed by atoms with Crippen LogP contribution in [0.2, 0.25) is 0 Å². The predicted molar refractivity (Wildman–Crippen MR) is 83.3 cm³/mol. The zero-order valence-electron chi connectivity index (χ0n) is 13.5. The summed E-state index contributed by atoms with van der Waals surface area (Å²) in [6.07, 6.45) is 5.60. The average Bonchev–Trinajstić information content (AvgIpc) is 2.96. The van der Waals surface area contributed by atoms with Gasteiger partial charge in [-0.25, -0.2) is 9.97 Å². The monoisotopic (exact) mass is 289 g/mol. The highest BCUT2D eigenvalue weighted by molar-refractivity contribution is 5.31. The second-order valence-electron chi connectivity index (χ2n) is 6.57. The van der Waals surface area contributed by atoms with Gasteiger partial charge in [0.1, 0.15) is 5.60 Å². The van der Waals surface area contributed by atoms with E-state index in [4.69, 9.17) is 14.7 Å². The van der Waals surface area contributed by atoms with E-state index in [2.05, 4.69) is 26.1 Å². The maximum Gasteiger partial charge on any atom is 0.160 e. The van der Waals surface area contributed by atoms with Crippen LogP contribution in [0.4, 0.5) is 0 Å². The lowest BCUT2D eigenvalue weighted by molar-refractivity contribution is -0.0460. The first-order valence-corrected chi connectivity index (χ1v) is 8.41. The van der Waals surface area contributed by atoms with Crippen molar-refractivity contribution in [3.63, 3.8) is 0 Å². The molecule has 3 rings (SSSR count). The molecule has 0 saturated heterocycles. The van der Waals surface area contributed by atoms with Gasteiger partial charge in [0.15, 0.2) is 5.82 Å². The highest BCUT2D eigenvalue weighted by Crippen LogP contribution is 2.41. The molecular formula is C17H27N3O. The van der Waals surface area contributed by atoms with Gasteiger partial charge in [-0.2, -0.15) is 0 Å². The van der Waals surface area contributed by atoms with Gasteiger partial charge in [0, 0.05) is 13.2 Å². The van der Waals surface area contributed by atoms with E-state index in [1.54, 1.807) is 0 Å². The van der Waals surface area contributed by atoms with E-state index in [0.717, 1.165) is 44.8 Å². The Labute approximate surface area is 127 Å². The van der Waals surface area contributed by atoms with Crippen LogP contribution in [-0.2, 0) is 23.3 Å². The molecule has 1 aromatic rings.